The number of amides is 2. The van der Waals surface area contributed by atoms with E-state index in [1.54, 1.807) is 0 Å². The molecule has 27 heavy (non-hydrogen) atoms. The minimum Gasteiger partial charge on any atom is -0.481 e. The third-order valence-corrected chi connectivity index (χ3v) is 4.78. The summed E-state index contributed by atoms with van der Waals surface area (Å²) in [7, 11) is 0. The van der Waals surface area contributed by atoms with Gasteiger partial charge in [-0.3, -0.25) is 14.4 Å². The van der Waals surface area contributed by atoms with E-state index in [1.807, 2.05) is 44.2 Å². The molecule has 0 aromatic heterocycles. The zero-order valence-corrected chi connectivity index (χ0v) is 15.4. The lowest BCUT2D eigenvalue weighted by molar-refractivity contribution is -0.152. The van der Waals surface area contributed by atoms with Crippen LogP contribution < -0.4 is 11.1 Å². The first-order valence-corrected chi connectivity index (χ1v) is 8.84. The van der Waals surface area contributed by atoms with Crippen LogP contribution in [0.5, 0.6) is 0 Å². The van der Waals surface area contributed by atoms with Crippen LogP contribution in [-0.2, 0) is 19.2 Å². The molecule has 1 aliphatic heterocycles. The highest BCUT2D eigenvalue weighted by Crippen LogP contribution is 2.35. The molecule has 0 unspecified atom stereocenters. The zero-order valence-electron chi connectivity index (χ0n) is 15.4. The monoisotopic (exact) mass is 375 g/mol. The molecule has 1 saturated heterocycles. The number of aliphatic carboxylic acids is 1. The molecule has 0 spiro atoms. The van der Waals surface area contributed by atoms with E-state index in [-0.39, 0.29) is 17.7 Å². The lowest BCUT2D eigenvalue weighted by Crippen LogP contribution is -2.67. The first kappa shape index (κ1) is 20.6. The Bertz CT molecular complexity index is 707. The van der Waals surface area contributed by atoms with Crippen molar-refractivity contribution in [3.05, 3.63) is 35.9 Å². The number of nitrogens with two attached hydrogens (primary N) is 1. The third-order valence-electron chi connectivity index (χ3n) is 4.78. The maximum Gasteiger partial charge on any atom is 0.305 e. The molecule has 0 aliphatic carbocycles. The van der Waals surface area contributed by atoms with Gasteiger partial charge < -0.3 is 25.9 Å². The molecule has 146 valence electrons. The average Bonchev–Trinajstić information content (AvgIpc) is 2.59. The van der Waals surface area contributed by atoms with Crippen molar-refractivity contribution in [2.45, 2.75) is 44.3 Å². The summed E-state index contributed by atoms with van der Waals surface area (Å²) in [6, 6.07) is 6.54. The Balaban J connectivity index is 2.22. The normalized spacial score (nSPS) is 21.1. The van der Waals surface area contributed by atoms with Gasteiger partial charge in [-0.2, -0.15) is 0 Å². The Labute approximate surface area is 157 Å². The smallest absolute Gasteiger partial charge is 0.305 e. The molecule has 1 heterocycles. The van der Waals surface area contributed by atoms with Crippen molar-refractivity contribution >= 4 is 24.1 Å². The molecule has 0 saturated carbocycles. The summed E-state index contributed by atoms with van der Waals surface area (Å²) in [5.41, 5.74) is 6.84. The van der Waals surface area contributed by atoms with Crippen LogP contribution in [0.1, 0.15) is 31.7 Å². The van der Waals surface area contributed by atoms with Gasteiger partial charge in [-0.15, -0.1) is 0 Å². The van der Waals surface area contributed by atoms with E-state index in [0.29, 0.717) is 12.8 Å². The second-order valence-corrected chi connectivity index (χ2v) is 7.07. The Morgan fingerprint density at radius 1 is 1.30 bits per heavy atom. The molecule has 1 fully saturated rings. The lowest BCUT2D eigenvalue weighted by atomic mass is 9.80. The van der Waals surface area contributed by atoms with Crippen molar-refractivity contribution in [3.8, 4) is 0 Å². The van der Waals surface area contributed by atoms with E-state index in [9.17, 15) is 19.2 Å². The lowest BCUT2D eigenvalue weighted by Gasteiger charge is -2.48. The van der Waals surface area contributed by atoms with Gasteiger partial charge in [0, 0.05) is 12.5 Å². The number of nitrogens with zero attached hydrogens (tertiary/aromatic N) is 1. The fourth-order valence-corrected chi connectivity index (χ4v) is 3.11. The van der Waals surface area contributed by atoms with Gasteiger partial charge in [0.25, 0.3) is 0 Å². The molecule has 0 radical (unpaired) electrons. The van der Waals surface area contributed by atoms with E-state index in [2.05, 4.69) is 5.32 Å². The van der Waals surface area contributed by atoms with Crippen LogP contribution in [-0.4, -0.2) is 58.7 Å². The second-order valence-electron chi connectivity index (χ2n) is 7.07. The van der Waals surface area contributed by atoms with E-state index in [0.717, 1.165) is 5.56 Å². The summed E-state index contributed by atoms with van der Waals surface area (Å²) in [5.74, 6) is -2.43. The summed E-state index contributed by atoms with van der Waals surface area (Å²) in [6.07, 6.45) is -0.133. The van der Waals surface area contributed by atoms with Crippen LogP contribution in [0.4, 0.5) is 0 Å². The topological polar surface area (TPSA) is 130 Å². The predicted octanol–water partition coefficient (Wildman–Crippen LogP) is 0.123. The number of benzene rings is 1. The fraction of sp³-hybridized carbons (Fsp3) is 0.474. The fourth-order valence-electron chi connectivity index (χ4n) is 3.11. The third kappa shape index (κ3) is 4.71. The van der Waals surface area contributed by atoms with E-state index < -0.39 is 36.4 Å². The molecular weight excluding hydrogens is 350 g/mol. The Morgan fingerprint density at radius 2 is 1.93 bits per heavy atom. The molecule has 2 amide bonds. The number of hydrogen-bond donors (Lipinski definition) is 3. The van der Waals surface area contributed by atoms with Gasteiger partial charge in [-0.1, -0.05) is 44.2 Å². The molecule has 2 rings (SSSR count). The second kappa shape index (κ2) is 8.77. The highest BCUT2D eigenvalue weighted by Gasteiger charge is 2.48. The molecule has 4 N–H and O–H groups in total. The van der Waals surface area contributed by atoms with Crippen LogP contribution in [0.15, 0.2) is 30.3 Å². The van der Waals surface area contributed by atoms with Gasteiger partial charge in [-0.25, -0.2) is 0 Å². The van der Waals surface area contributed by atoms with Crippen molar-refractivity contribution in [2.75, 3.05) is 6.54 Å². The molecule has 0 bridgehead atoms. The minimum absolute atomic E-state index is 0.0910. The maximum atomic E-state index is 12.8. The first-order chi connectivity index (χ1) is 12.8. The Morgan fingerprint density at radius 3 is 2.44 bits per heavy atom. The number of likely N-dealkylation sites (tertiary alicyclic amines) is 1. The molecule has 8 heteroatoms. The van der Waals surface area contributed by atoms with Crippen molar-refractivity contribution in [2.24, 2.45) is 11.7 Å². The molecular formula is C19H25N3O5. The average molecular weight is 375 g/mol. The number of carboxylic acid groups (broad SMARTS) is 1. The van der Waals surface area contributed by atoms with Crippen molar-refractivity contribution in [1.82, 2.24) is 10.2 Å². The molecule has 1 aromatic carbocycles. The SMILES string of the molecule is CC(C)[C@H](N)C(=O)N1C[C@H](c2ccccc2)[C@H]1C(=O)N[C@H](C=O)CC(=O)O. The van der Waals surface area contributed by atoms with Crippen LogP contribution in [0, 0.1) is 5.92 Å². The van der Waals surface area contributed by atoms with Gasteiger partial charge in [0.15, 0.2) is 0 Å². The first-order valence-electron chi connectivity index (χ1n) is 8.84. The zero-order chi connectivity index (χ0) is 20.1. The van der Waals surface area contributed by atoms with Gasteiger partial charge in [0.1, 0.15) is 12.3 Å². The Hall–Kier alpha value is -2.74. The van der Waals surface area contributed by atoms with Gasteiger partial charge in [0.2, 0.25) is 11.8 Å². The summed E-state index contributed by atoms with van der Waals surface area (Å²) < 4.78 is 0. The van der Waals surface area contributed by atoms with Crippen molar-refractivity contribution < 1.29 is 24.3 Å². The predicted molar refractivity (Wildman–Crippen MR) is 97.7 cm³/mol. The number of rotatable bonds is 8. The highest BCUT2D eigenvalue weighted by atomic mass is 16.4. The largest absolute Gasteiger partial charge is 0.481 e. The summed E-state index contributed by atoms with van der Waals surface area (Å²) in [4.78, 5) is 48.7. The van der Waals surface area contributed by atoms with Crippen LogP contribution in [0.25, 0.3) is 0 Å². The van der Waals surface area contributed by atoms with Crippen LogP contribution in [0.2, 0.25) is 0 Å². The van der Waals surface area contributed by atoms with Gasteiger partial charge in [-0.05, 0) is 11.5 Å². The van der Waals surface area contributed by atoms with Crippen LogP contribution in [0.3, 0.4) is 0 Å². The maximum absolute atomic E-state index is 12.8. The number of carbonyl (C=O) groups is 4. The van der Waals surface area contributed by atoms with E-state index >= 15 is 0 Å². The van der Waals surface area contributed by atoms with E-state index in [4.69, 9.17) is 10.8 Å². The summed E-state index contributed by atoms with van der Waals surface area (Å²) in [5, 5.41) is 11.3. The molecule has 1 aliphatic rings. The number of aldehydes is 1. The number of carboxylic acids is 1. The van der Waals surface area contributed by atoms with Crippen molar-refractivity contribution in [3.63, 3.8) is 0 Å². The number of hydrogen-bond acceptors (Lipinski definition) is 5. The quantitative estimate of drug-likeness (QED) is 0.554. The summed E-state index contributed by atoms with van der Waals surface area (Å²) >= 11 is 0. The van der Waals surface area contributed by atoms with Gasteiger partial charge in [0.05, 0.1) is 18.5 Å². The number of nitrogens with one attached hydrogen (secondary N) is 1. The number of carbonyl (C=O) groups excluding carboxylic acids is 3. The molecule has 4 atom stereocenters. The van der Waals surface area contributed by atoms with Crippen LogP contribution >= 0.6 is 0 Å². The Kier molecular flexibility index (Phi) is 6.68. The summed E-state index contributed by atoms with van der Waals surface area (Å²) in [6.45, 7) is 3.98. The van der Waals surface area contributed by atoms with Crippen molar-refractivity contribution in [1.29, 1.82) is 0 Å². The van der Waals surface area contributed by atoms with Gasteiger partial charge >= 0.3 is 5.97 Å². The minimum atomic E-state index is -1.20. The molecule has 1 aromatic rings. The highest BCUT2D eigenvalue weighted by molar-refractivity contribution is 5.94. The molecule has 8 nitrogen and oxygen atoms in total. The van der Waals surface area contributed by atoms with E-state index in [1.165, 1.54) is 4.90 Å². The standard InChI is InChI=1S/C19H25N3O5/c1-11(2)16(20)19(27)22-9-14(12-6-4-3-5-7-12)17(22)18(26)21-13(10-23)8-15(24)25/h3-7,10-11,13-14,16-17H,8-9,20H2,1-2H3,(H,21,26)(H,24,25)/t13-,14+,16-,17-/m0/s1.